The first-order chi connectivity index (χ1) is 12.6. The average Bonchev–Trinajstić information content (AvgIpc) is 3.21. The van der Waals surface area contributed by atoms with Crippen LogP contribution in [0.2, 0.25) is 0 Å². The summed E-state index contributed by atoms with van der Waals surface area (Å²) in [6, 6.07) is 6.97. The van der Waals surface area contributed by atoms with Crippen LogP contribution in [0, 0.1) is 11.8 Å². The van der Waals surface area contributed by atoms with Crippen LogP contribution >= 0.6 is 0 Å². The van der Waals surface area contributed by atoms with Gasteiger partial charge >= 0.3 is 0 Å². The van der Waals surface area contributed by atoms with Crippen molar-refractivity contribution in [3.8, 4) is 5.75 Å². The number of amides is 2. The summed E-state index contributed by atoms with van der Waals surface area (Å²) in [5.74, 6) is 0.817. The fraction of sp³-hybridized carbons (Fsp3) is 0.619. The predicted octanol–water partition coefficient (Wildman–Crippen LogP) is 3.39. The molecule has 0 aromatic heterocycles. The lowest BCUT2D eigenvalue weighted by atomic mass is 9.93. The lowest BCUT2D eigenvalue weighted by Crippen LogP contribution is -2.45. The van der Waals surface area contributed by atoms with Gasteiger partial charge in [0.2, 0.25) is 11.8 Å². The third-order valence-electron chi connectivity index (χ3n) is 5.90. The molecule has 5 heteroatoms. The maximum Gasteiger partial charge on any atom is 0.225 e. The summed E-state index contributed by atoms with van der Waals surface area (Å²) in [6.07, 6.45) is 6.70. The van der Waals surface area contributed by atoms with Crippen molar-refractivity contribution in [3.63, 3.8) is 0 Å². The normalized spacial score (nSPS) is 20.1. The number of nitrogens with one attached hydrogen (secondary N) is 1. The first-order valence-corrected chi connectivity index (χ1v) is 9.96. The molecule has 1 aliphatic carbocycles. The highest BCUT2D eigenvalue weighted by molar-refractivity contribution is 5.81. The van der Waals surface area contributed by atoms with Crippen molar-refractivity contribution in [1.29, 1.82) is 0 Å². The van der Waals surface area contributed by atoms with Crippen LogP contribution in [-0.4, -0.2) is 34.9 Å². The number of rotatable bonds is 5. The van der Waals surface area contributed by atoms with Crippen molar-refractivity contribution in [2.75, 3.05) is 13.1 Å². The number of phenols is 1. The molecule has 0 radical (unpaired) electrons. The molecule has 1 saturated heterocycles. The fourth-order valence-electron chi connectivity index (χ4n) is 4.21. The zero-order valence-corrected chi connectivity index (χ0v) is 15.6. The molecule has 1 aliphatic heterocycles. The average molecular weight is 358 g/mol. The molecule has 1 aromatic rings. The molecule has 1 atom stereocenters. The van der Waals surface area contributed by atoms with E-state index in [-0.39, 0.29) is 29.5 Å². The van der Waals surface area contributed by atoms with Gasteiger partial charge in [0.25, 0.3) is 0 Å². The minimum absolute atomic E-state index is 0.0196. The van der Waals surface area contributed by atoms with Gasteiger partial charge in [0.1, 0.15) is 5.75 Å². The third kappa shape index (κ3) is 4.37. The minimum Gasteiger partial charge on any atom is -0.508 e. The molecule has 142 valence electrons. The summed E-state index contributed by atoms with van der Waals surface area (Å²) in [4.78, 5) is 27.2. The molecule has 1 aromatic carbocycles. The van der Waals surface area contributed by atoms with Crippen molar-refractivity contribution in [3.05, 3.63) is 29.8 Å². The lowest BCUT2D eigenvalue weighted by molar-refractivity contribution is -0.139. The number of benzene rings is 1. The van der Waals surface area contributed by atoms with Gasteiger partial charge in [0.15, 0.2) is 0 Å². The minimum atomic E-state index is -0.0405. The quantitative estimate of drug-likeness (QED) is 0.848. The molecule has 1 heterocycles. The SMILES string of the molecule is CC[C@H](NC(=O)C1CCN(C(=O)C2CCCC2)CC1)c1ccc(O)cc1. The second-order valence-corrected chi connectivity index (χ2v) is 7.64. The first-order valence-electron chi connectivity index (χ1n) is 9.96. The van der Waals surface area contributed by atoms with E-state index in [4.69, 9.17) is 0 Å². The van der Waals surface area contributed by atoms with Gasteiger partial charge in [-0.05, 0) is 49.8 Å². The maximum atomic E-state index is 12.7. The Hall–Kier alpha value is -2.04. The second kappa shape index (κ2) is 8.56. The van der Waals surface area contributed by atoms with Gasteiger partial charge in [0.05, 0.1) is 6.04 Å². The Morgan fingerprint density at radius 3 is 2.27 bits per heavy atom. The van der Waals surface area contributed by atoms with E-state index in [9.17, 15) is 14.7 Å². The van der Waals surface area contributed by atoms with Crippen LogP contribution in [-0.2, 0) is 9.59 Å². The van der Waals surface area contributed by atoms with Gasteiger partial charge in [-0.2, -0.15) is 0 Å². The molecular formula is C21H30N2O3. The van der Waals surface area contributed by atoms with E-state index >= 15 is 0 Å². The topological polar surface area (TPSA) is 69.6 Å². The number of hydrogen-bond acceptors (Lipinski definition) is 3. The van der Waals surface area contributed by atoms with E-state index in [0.717, 1.165) is 37.7 Å². The molecule has 0 spiro atoms. The summed E-state index contributed by atoms with van der Waals surface area (Å²) < 4.78 is 0. The Balaban J connectivity index is 1.51. The number of hydrogen-bond donors (Lipinski definition) is 2. The third-order valence-corrected chi connectivity index (χ3v) is 5.90. The van der Waals surface area contributed by atoms with Crippen LogP contribution in [0.5, 0.6) is 5.75 Å². The van der Waals surface area contributed by atoms with Crippen LogP contribution in [0.3, 0.4) is 0 Å². The Morgan fingerprint density at radius 2 is 1.69 bits per heavy atom. The number of piperidine rings is 1. The molecule has 26 heavy (non-hydrogen) atoms. The number of likely N-dealkylation sites (tertiary alicyclic amines) is 1. The predicted molar refractivity (Wildman–Crippen MR) is 101 cm³/mol. The molecule has 2 N–H and O–H groups in total. The number of carbonyl (C=O) groups is 2. The summed E-state index contributed by atoms with van der Waals surface area (Å²) in [7, 11) is 0. The molecule has 2 fully saturated rings. The summed E-state index contributed by atoms with van der Waals surface area (Å²) >= 11 is 0. The smallest absolute Gasteiger partial charge is 0.225 e. The van der Waals surface area contributed by atoms with E-state index in [2.05, 4.69) is 5.32 Å². The van der Waals surface area contributed by atoms with Crippen LogP contribution in [0.25, 0.3) is 0 Å². The summed E-state index contributed by atoms with van der Waals surface area (Å²) in [5.41, 5.74) is 1.01. The summed E-state index contributed by atoms with van der Waals surface area (Å²) in [6.45, 7) is 3.44. The molecule has 0 unspecified atom stereocenters. The highest BCUT2D eigenvalue weighted by Crippen LogP contribution is 2.29. The van der Waals surface area contributed by atoms with Crippen LogP contribution in [0.15, 0.2) is 24.3 Å². The zero-order chi connectivity index (χ0) is 18.5. The van der Waals surface area contributed by atoms with Crippen LogP contribution in [0.4, 0.5) is 0 Å². The van der Waals surface area contributed by atoms with Gasteiger partial charge < -0.3 is 15.3 Å². The van der Waals surface area contributed by atoms with Gasteiger partial charge in [-0.1, -0.05) is 31.9 Å². The Morgan fingerprint density at radius 1 is 1.08 bits per heavy atom. The van der Waals surface area contributed by atoms with Gasteiger partial charge in [-0.15, -0.1) is 0 Å². The van der Waals surface area contributed by atoms with Gasteiger partial charge in [-0.3, -0.25) is 9.59 Å². The maximum absolute atomic E-state index is 12.7. The van der Waals surface area contributed by atoms with E-state index in [0.29, 0.717) is 19.0 Å². The molecule has 2 amide bonds. The van der Waals surface area contributed by atoms with E-state index in [1.54, 1.807) is 12.1 Å². The molecular weight excluding hydrogens is 328 g/mol. The largest absolute Gasteiger partial charge is 0.508 e. The Labute approximate surface area is 155 Å². The van der Waals surface area contributed by atoms with E-state index < -0.39 is 0 Å². The highest BCUT2D eigenvalue weighted by atomic mass is 16.3. The number of carbonyl (C=O) groups excluding carboxylic acids is 2. The second-order valence-electron chi connectivity index (χ2n) is 7.64. The highest BCUT2D eigenvalue weighted by Gasteiger charge is 2.32. The van der Waals surface area contributed by atoms with Crippen LogP contribution < -0.4 is 5.32 Å². The molecule has 1 saturated carbocycles. The van der Waals surface area contributed by atoms with Crippen molar-refractivity contribution >= 4 is 11.8 Å². The van der Waals surface area contributed by atoms with Gasteiger partial charge in [-0.25, -0.2) is 0 Å². The monoisotopic (exact) mass is 358 g/mol. The lowest BCUT2D eigenvalue weighted by Gasteiger charge is -2.33. The van der Waals surface area contributed by atoms with E-state index in [1.807, 2.05) is 24.0 Å². The standard InChI is InChI=1S/C21H30N2O3/c1-2-19(15-7-9-18(24)10-8-15)22-20(25)16-11-13-23(14-12-16)21(26)17-5-3-4-6-17/h7-10,16-17,19,24H,2-6,11-14H2,1H3,(H,22,25)/t19-/m0/s1. The fourth-order valence-corrected chi connectivity index (χ4v) is 4.21. The number of aromatic hydroxyl groups is 1. The Kier molecular flexibility index (Phi) is 6.17. The van der Waals surface area contributed by atoms with Crippen molar-refractivity contribution in [2.24, 2.45) is 11.8 Å². The molecule has 0 bridgehead atoms. The van der Waals surface area contributed by atoms with Crippen molar-refractivity contribution in [1.82, 2.24) is 10.2 Å². The zero-order valence-electron chi connectivity index (χ0n) is 15.6. The van der Waals surface area contributed by atoms with Crippen molar-refractivity contribution < 1.29 is 14.7 Å². The van der Waals surface area contributed by atoms with Gasteiger partial charge in [0, 0.05) is 24.9 Å². The molecule has 2 aliphatic rings. The number of nitrogens with zero attached hydrogens (tertiary/aromatic N) is 1. The van der Waals surface area contributed by atoms with Crippen LogP contribution in [0.1, 0.15) is 63.5 Å². The van der Waals surface area contributed by atoms with Crippen molar-refractivity contribution in [2.45, 2.75) is 57.9 Å². The molecule has 3 rings (SSSR count). The molecule has 5 nitrogen and oxygen atoms in total. The summed E-state index contributed by atoms with van der Waals surface area (Å²) in [5, 5.41) is 12.6. The van der Waals surface area contributed by atoms with E-state index in [1.165, 1.54) is 12.8 Å². The number of phenolic OH excluding ortho intramolecular Hbond substituents is 1. The first kappa shape index (κ1) is 18.7. The Bertz CT molecular complexity index is 615.